The van der Waals surface area contributed by atoms with Gasteiger partial charge in [-0.25, -0.2) is 0 Å². The van der Waals surface area contributed by atoms with Gasteiger partial charge in [0, 0.05) is 28.8 Å². The Hall–Kier alpha value is -2.34. The molecule has 1 aliphatic rings. The Balaban J connectivity index is 1.69. The van der Waals surface area contributed by atoms with E-state index >= 15 is 0 Å². The van der Waals surface area contributed by atoms with Crippen LogP contribution >= 0.6 is 0 Å². The Morgan fingerprint density at radius 1 is 1.27 bits per heavy atom. The van der Waals surface area contributed by atoms with Crippen molar-refractivity contribution in [2.24, 2.45) is 0 Å². The summed E-state index contributed by atoms with van der Waals surface area (Å²) in [6.07, 6.45) is 1.10. The number of hydrogen-bond acceptors (Lipinski definition) is 3. The second-order valence-electron chi connectivity index (χ2n) is 5.58. The number of aromatic nitrogens is 1. The number of nitrogens with one attached hydrogen (secondary N) is 3. The van der Waals surface area contributed by atoms with Gasteiger partial charge in [0.2, 0.25) is 0 Å². The van der Waals surface area contributed by atoms with Gasteiger partial charge < -0.3 is 9.72 Å². The van der Waals surface area contributed by atoms with E-state index in [1.165, 1.54) is 0 Å². The molecule has 1 aromatic heterocycles. The fourth-order valence-corrected chi connectivity index (χ4v) is 2.66. The van der Waals surface area contributed by atoms with Crippen molar-refractivity contribution in [3.05, 3.63) is 35.0 Å². The molecule has 2 amide bonds. The molecule has 2 aromatic rings. The first-order chi connectivity index (χ1) is 10.6. The zero-order chi connectivity index (χ0) is 15.7. The van der Waals surface area contributed by atoms with Gasteiger partial charge in [-0.3, -0.25) is 20.4 Å². The van der Waals surface area contributed by atoms with Gasteiger partial charge in [0.25, 0.3) is 11.8 Å². The molecule has 0 bridgehead atoms. The maximum atomic E-state index is 12.1. The number of fused-ring (bicyclic) bond motifs is 1. The summed E-state index contributed by atoms with van der Waals surface area (Å²) in [7, 11) is 0. The number of H-pyrrole nitrogens is 1. The van der Waals surface area contributed by atoms with Crippen LogP contribution in [0.5, 0.6) is 0 Å². The minimum atomic E-state index is -0.461. The lowest BCUT2D eigenvalue weighted by Crippen LogP contribution is -2.46. The maximum Gasteiger partial charge on any atom is 0.269 e. The average Bonchev–Trinajstić information content (AvgIpc) is 3.14. The fraction of sp³-hybridized carbons (Fsp3) is 0.375. The molecule has 0 radical (unpaired) electrons. The molecule has 3 N–H and O–H groups in total. The number of amides is 2. The Morgan fingerprint density at radius 2 is 2.09 bits per heavy atom. The second kappa shape index (κ2) is 5.81. The SMILES string of the molecule is Cc1[nH]c2ccc(C(=O)NNC(=O)C3CCCO3)cc2c1C. The number of benzene rings is 1. The number of aryl methyl sites for hydroxylation is 2. The van der Waals surface area contributed by atoms with Crippen molar-refractivity contribution in [3.63, 3.8) is 0 Å². The molecule has 0 spiro atoms. The van der Waals surface area contributed by atoms with Gasteiger partial charge in [-0.2, -0.15) is 0 Å². The number of rotatable bonds is 2. The van der Waals surface area contributed by atoms with Crippen LogP contribution in [0.25, 0.3) is 10.9 Å². The largest absolute Gasteiger partial charge is 0.368 e. The van der Waals surface area contributed by atoms with Crippen LogP contribution in [-0.4, -0.2) is 29.5 Å². The highest BCUT2D eigenvalue weighted by Crippen LogP contribution is 2.22. The van der Waals surface area contributed by atoms with Crippen LogP contribution in [-0.2, 0) is 9.53 Å². The summed E-state index contributed by atoms with van der Waals surface area (Å²) >= 11 is 0. The van der Waals surface area contributed by atoms with E-state index in [0.29, 0.717) is 18.6 Å². The molecule has 0 aliphatic carbocycles. The van der Waals surface area contributed by atoms with E-state index in [4.69, 9.17) is 4.74 Å². The van der Waals surface area contributed by atoms with E-state index in [1.54, 1.807) is 6.07 Å². The lowest BCUT2D eigenvalue weighted by Gasteiger charge is -2.11. The Labute approximate surface area is 128 Å². The number of carbonyl (C=O) groups excluding carboxylic acids is 2. The second-order valence-corrected chi connectivity index (χ2v) is 5.58. The molecule has 0 saturated carbocycles. The first-order valence-electron chi connectivity index (χ1n) is 7.37. The standard InChI is InChI=1S/C16H19N3O3/c1-9-10(2)17-13-6-5-11(8-12(9)13)15(20)18-19-16(21)14-4-3-7-22-14/h5-6,8,14,17H,3-4,7H2,1-2H3,(H,18,20)(H,19,21). The van der Waals surface area contributed by atoms with Gasteiger partial charge in [-0.15, -0.1) is 0 Å². The molecule has 1 atom stereocenters. The molecule has 22 heavy (non-hydrogen) atoms. The molecule has 1 aromatic carbocycles. The monoisotopic (exact) mass is 301 g/mol. The quantitative estimate of drug-likeness (QED) is 0.739. The Bertz CT molecular complexity index is 730. The summed E-state index contributed by atoms with van der Waals surface area (Å²) < 4.78 is 5.26. The molecule has 3 rings (SSSR count). The van der Waals surface area contributed by atoms with Crippen molar-refractivity contribution in [2.75, 3.05) is 6.61 Å². The molecule has 2 heterocycles. The minimum absolute atomic E-state index is 0.305. The average molecular weight is 301 g/mol. The van der Waals surface area contributed by atoms with Crippen LogP contribution in [0.2, 0.25) is 0 Å². The number of hydrogen-bond donors (Lipinski definition) is 3. The number of ether oxygens (including phenoxy) is 1. The van der Waals surface area contributed by atoms with Crippen LogP contribution in [0.3, 0.4) is 0 Å². The predicted octanol–water partition coefficient (Wildman–Crippen LogP) is 1.72. The van der Waals surface area contributed by atoms with Gasteiger partial charge >= 0.3 is 0 Å². The lowest BCUT2D eigenvalue weighted by molar-refractivity contribution is -0.130. The first-order valence-corrected chi connectivity index (χ1v) is 7.37. The van der Waals surface area contributed by atoms with E-state index in [1.807, 2.05) is 26.0 Å². The third-order valence-corrected chi connectivity index (χ3v) is 4.09. The molecule has 6 heteroatoms. The first kappa shape index (κ1) is 14.6. The Kier molecular flexibility index (Phi) is 3.85. The van der Waals surface area contributed by atoms with Crippen LogP contribution in [0, 0.1) is 13.8 Å². The molecular formula is C16H19N3O3. The van der Waals surface area contributed by atoms with Crippen LogP contribution < -0.4 is 10.9 Å². The highest BCUT2D eigenvalue weighted by Gasteiger charge is 2.23. The van der Waals surface area contributed by atoms with Crippen LogP contribution in [0.1, 0.15) is 34.5 Å². The minimum Gasteiger partial charge on any atom is -0.368 e. The fourth-order valence-electron chi connectivity index (χ4n) is 2.66. The highest BCUT2D eigenvalue weighted by molar-refractivity contribution is 5.99. The smallest absolute Gasteiger partial charge is 0.269 e. The van der Waals surface area contributed by atoms with Crippen molar-refractivity contribution in [1.29, 1.82) is 0 Å². The van der Waals surface area contributed by atoms with Gasteiger partial charge in [-0.05, 0) is 50.5 Å². The summed E-state index contributed by atoms with van der Waals surface area (Å²) in [6.45, 7) is 4.60. The maximum absolute atomic E-state index is 12.1. The number of aromatic amines is 1. The topological polar surface area (TPSA) is 83.2 Å². The predicted molar refractivity (Wildman–Crippen MR) is 82.4 cm³/mol. The van der Waals surface area contributed by atoms with Gasteiger partial charge in [0.1, 0.15) is 6.10 Å². The third kappa shape index (κ3) is 2.69. The van der Waals surface area contributed by atoms with E-state index in [0.717, 1.165) is 28.6 Å². The van der Waals surface area contributed by atoms with Crippen molar-refractivity contribution < 1.29 is 14.3 Å². The molecule has 1 saturated heterocycles. The number of hydrazine groups is 1. The zero-order valence-electron chi connectivity index (χ0n) is 12.7. The summed E-state index contributed by atoms with van der Waals surface area (Å²) in [6, 6.07) is 5.42. The number of carbonyl (C=O) groups is 2. The van der Waals surface area contributed by atoms with Crippen molar-refractivity contribution in [2.45, 2.75) is 32.8 Å². The Morgan fingerprint density at radius 3 is 2.82 bits per heavy atom. The molecule has 1 aliphatic heterocycles. The van der Waals surface area contributed by atoms with Crippen molar-refractivity contribution in [1.82, 2.24) is 15.8 Å². The van der Waals surface area contributed by atoms with Gasteiger partial charge in [0.15, 0.2) is 0 Å². The van der Waals surface area contributed by atoms with Gasteiger partial charge in [0.05, 0.1) is 0 Å². The molecule has 6 nitrogen and oxygen atoms in total. The van der Waals surface area contributed by atoms with Crippen LogP contribution in [0.4, 0.5) is 0 Å². The van der Waals surface area contributed by atoms with Crippen molar-refractivity contribution >= 4 is 22.7 Å². The normalized spacial score (nSPS) is 17.6. The van der Waals surface area contributed by atoms with E-state index in [-0.39, 0.29) is 11.8 Å². The molecule has 1 unspecified atom stereocenters. The van der Waals surface area contributed by atoms with E-state index in [9.17, 15) is 9.59 Å². The molecular weight excluding hydrogens is 282 g/mol. The zero-order valence-corrected chi connectivity index (χ0v) is 12.7. The lowest BCUT2D eigenvalue weighted by atomic mass is 10.1. The van der Waals surface area contributed by atoms with Gasteiger partial charge in [-0.1, -0.05) is 0 Å². The van der Waals surface area contributed by atoms with Crippen molar-refractivity contribution in [3.8, 4) is 0 Å². The van der Waals surface area contributed by atoms with E-state index in [2.05, 4.69) is 15.8 Å². The summed E-state index contributed by atoms with van der Waals surface area (Å²) in [5, 5.41) is 1.01. The summed E-state index contributed by atoms with van der Waals surface area (Å²) in [5.41, 5.74) is 8.56. The summed E-state index contributed by atoms with van der Waals surface area (Å²) in [5.74, 6) is -0.646. The van der Waals surface area contributed by atoms with Crippen LogP contribution in [0.15, 0.2) is 18.2 Å². The highest BCUT2D eigenvalue weighted by atomic mass is 16.5. The third-order valence-electron chi connectivity index (χ3n) is 4.09. The summed E-state index contributed by atoms with van der Waals surface area (Å²) in [4.78, 5) is 27.2. The molecule has 116 valence electrons. The van der Waals surface area contributed by atoms with E-state index < -0.39 is 6.10 Å². The molecule has 1 fully saturated rings.